The summed E-state index contributed by atoms with van der Waals surface area (Å²) in [5.41, 5.74) is 2.11. The first-order valence-corrected chi connectivity index (χ1v) is 8.58. The summed E-state index contributed by atoms with van der Waals surface area (Å²) in [7, 11) is 1.62. The number of hydrogen-bond donors (Lipinski definition) is 0. The van der Waals surface area contributed by atoms with Crippen molar-refractivity contribution in [2.45, 2.75) is 33.3 Å². The van der Waals surface area contributed by atoms with Crippen LogP contribution in [0.3, 0.4) is 0 Å². The predicted molar refractivity (Wildman–Crippen MR) is 98.0 cm³/mol. The van der Waals surface area contributed by atoms with Gasteiger partial charge in [-0.05, 0) is 36.1 Å². The Hall–Kier alpha value is -2.49. The smallest absolute Gasteiger partial charge is 0.309 e. The Balaban J connectivity index is 2.11. The van der Waals surface area contributed by atoms with Crippen LogP contribution >= 0.6 is 0 Å². The molecule has 0 N–H and O–H groups in total. The van der Waals surface area contributed by atoms with Crippen molar-refractivity contribution in [1.82, 2.24) is 0 Å². The fourth-order valence-electron chi connectivity index (χ4n) is 2.59. The van der Waals surface area contributed by atoms with Crippen LogP contribution in [0.4, 0.5) is 0 Å². The monoisotopic (exact) mass is 342 g/mol. The lowest BCUT2D eigenvalue weighted by Gasteiger charge is -2.20. The topological polar surface area (TPSA) is 44.8 Å². The van der Waals surface area contributed by atoms with Gasteiger partial charge in [-0.2, -0.15) is 0 Å². The van der Waals surface area contributed by atoms with E-state index in [1.54, 1.807) is 7.11 Å². The minimum Gasteiger partial charge on any atom is -0.493 e. The number of ether oxygens (including phenoxy) is 3. The van der Waals surface area contributed by atoms with E-state index in [1.807, 2.05) is 69.3 Å². The standard InChI is InChI=1S/C21H26O4/c1-5-24-21(22)16(3)15(2)18-11-12-19(20(13-18)23-4)25-14-17-9-7-6-8-10-17/h6-13,15-16H,5,14H2,1-4H3. The molecule has 0 aliphatic rings. The summed E-state index contributed by atoms with van der Waals surface area (Å²) in [6.07, 6.45) is 0. The molecular weight excluding hydrogens is 316 g/mol. The molecule has 0 bridgehead atoms. The van der Waals surface area contributed by atoms with Gasteiger partial charge in [0.25, 0.3) is 0 Å². The zero-order valence-electron chi connectivity index (χ0n) is 15.3. The zero-order valence-corrected chi connectivity index (χ0v) is 15.3. The summed E-state index contributed by atoms with van der Waals surface area (Å²) in [5, 5.41) is 0. The van der Waals surface area contributed by atoms with Crippen LogP contribution in [0, 0.1) is 5.92 Å². The molecule has 0 aliphatic carbocycles. The minimum absolute atomic E-state index is 0.0242. The second-order valence-corrected chi connectivity index (χ2v) is 6.01. The normalized spacial score (nSPS) is 13.0. The van der Waals surface area contributed by atoms with Crippen molar-refractivity contribution in [2.24, 2.45) is 5.92 Å². The highest BCUT2D eigenvalue weighted by Crippen LogP contribution is 2.34. The van der Waals surface area contributed by atoms with E-state index in [9.17, 15) is 4.79 Å². The first-order valence-electron chi connectivity index (χ1n) is 8.58. The molecule has 25 heavy (non-hydrogen) atoms. The number of carbonyl (C=O) groups excluding carboxylic acids is 1. The third kappa shape index (κ3) is 4.99. The fraction of sp³-hybridized carbons (Fsp3) is 0.381. The quantitative estimate of drug-likeness (QED) is 0.659. The number of hydrogen-bond acceptors (Lipinski definition) is 4. The highest BCUT2D eigenvalue weighted by molar-refractivity contribution is 5.73. The Morgan fingerprint density at radius 3 is 2.40 bits per heavy atom. The van der Waals surface area contributed by atoms with Crippen molar-refractivity contribution in [3.63, 3.8) is 0 Å². The number of carbonyl (C=O) groups is 1. The number of esters is 1. The first-order chi connectivity index (χ1) is 12.1. The summed E-state index contributed by atoms with van der Waals surface area (Å²) < 4.78 is 16.5. The van der Waals surface area contributed by atoms with Gasteiger partial charge < -0.3 is 14.2 Å². The molecule has 4 nitrogen and oxygen atoms in total. The molecule has 2 aromatic rings. The second-order valence-electron chi connectivity index (χ2n) is 6.01. The fourth-order valence-corrected chi connectivity index (χ4v) is 2.59. The van der Waals surface area contributed by atoms with Gasteiger partial charge in [0, 0.05) is 0 Å². The molecule has 0 saturated heterocycles. The van der Waals surface area contributed by atoms with Gasteiger partial charge >= 0.3 is 5.97 Å². The van der Waals surface area contributed by atoms with E-state index < -0.39 is 0 Å². The Kier molecular flexibility index (Phi) is 6.87. The van der Waals surface area contributed by atoms with Crippen molar-refractivity contribution in [1.29, 1.82) is 0 Å². The lowest BCUT2D eigenvalue weighted by atomic mass is 9.89. The molecule has 0 heterocycles. The van der Waals surface area contributed by atoms with Crippen molar-refractivity contribution in [2.75, 3.05) is 13.7 Å². The maximum absolute atomic E-state index is 12.0. The highest BCUT2D eigenvalue weighted by Gasteiger charge is 2.23. The van der Waals surface area contributed by atoms with E-state index in [1.165, 1.54) is 0 Å². The van der Waals surface area contributed by atoms with Crippen LogP contribution in [-0.2, 0) is 16.1 Å². The van der Waals surface area contributed by atoms with Gasteiger partial charge in [0.05, 0.1) is 19.6 Å². The Morgan fingerprint density at radius 2 is 1.76 bits per heavy atom. The van der Waals surface area contributed by atoms with E-state index in [0.29, 0.717) is 24.7 Å². The lowest BCUT2D eigenvalue weighted by Crippen LogP contribution is -2.20. The van der Waals surface area contributed by atoms with E-state index in [0.717, 1.165) is 11.1 Å². The SMILES string of the molecule is CCOC(=O)C(C)C(C)c1ccc(OCc2ccccc2)c(OC)c1. The van der Waals surface area contributed by atoms with Gasteiger partial charge in [-0.15, -0.1) is 0 Å². The molecule has 0 saturated carbocycles. The van der Waals surface area contributed by atoms with Gasteiger partial charge in [-0.25, -0.2) is 0 Å². The molecule has 0 aliphatic heterocycles. The molecule has 0 aromatic heterocycles. The summed E-state index contributed by atoms with van der Waals surface area (Å²) in [4.78, 5) is 12.0. The number of methoxy groups -OCH3 is 1. The third-order valence-electron chi connectivity index (χ3n) is 4.36. The average Bonchev–Trinajstić information content (AvgIpc) is 2.66. The molecule has 2 aromatic carbocycles. The van der Waals surface area contributed by atoms with Gasteiger partial charge in [0.2, 0.25) is 0 Å². The summed E-state index contributed by atoms with van der Waals surface area (Å²) in [6, 6.07) is 15.8. The molecule has 2 atom stereocenters. The van der Waals surface area contributed by atoms with Crippen LogP contribution < -0.4 is 9.47 Å². The summed E-state index contributed by atoms with van der Waals surface area (Å²) in [6.45, 7) is 6.59. The van der Waals surface area contributed by atoms with Crippen LogP contribution in [0.2, 0.25) is 0 Å². The van der Waals surface area contributed by atoms with Gasteiger partial charge in [0.1, 0.15) is 6.61 Å². The largest absolute Gasteiger partial charge is 0.493 e. The second kappa shape index (κ2) is 9.11. The molecule has 0 spiro atoms. The number of rotatable bonds is 8. The molecule has 0 amide bonds. The molecular formula is C21H26O4. The Labute approximate surface area is 149 Å². The lowest BCUT2D eigenvalue weighted by molar-refractivity contribution is -0.148. The average molecular weight is 342 g/mol. The van der Waals surface area contributed by atoms with Crippen molar-refractivity contribution >= 4 is 5.97 Å². The Morgan fingerprint density at radius 1 is 1.04 bits per heavy atom. The van der Waals surface area contributed by atoms with Crippen molar-refractivity contribution in [3.8, 4) is 11.5 Å². The van der Waals surface area contributed by atoms with E-state index >= 15 is 0 Å². The molecule has 134 valence electrons. The van der Waals surface area contributed by atoms with Crippen LogP contribution in [0.1, 0.15) is 37.8 Å². The molecule has 0 radical (unpaired) electrons. The van der Waals surface area contributed by atoms with E-state index in [-0.39, 0.29) is 17.8 Å². The third-order valence-corrected chi connectivity index (χ3v) is 4.36. The van der Waals surface area contributed by atoms with Gasteiger partial charge in [-0.3, -0.25) is 4.79 Å². The summed E-state index contributed by atoms with van der Waals surface area (Å²) >= 11 is 0. The number of benzene rings is 2. The van der Waals surface area contributed by atoms with Gasteiger partial charge in [-0.1, -0.05) is 50.2 Å². The van der Waals surface area contributed by atoms with Crippen molar-refractivity contribution < 1.29 is 19.0 Å². The van der Waals surface area contributed by atoms with Gasteiger partial charge in [0.15, 0.2) is 11.5 Å². The van der Waals surface area contributed by atoms with Crippen LogP contribution in [-0.4, -0.2) is 19.7 Å². The Bertz CT molecular complexity index is 682. The molecule has 4 heteroatoms. The summed E-state index contributed by atoms with van der Waals surface area (Å²) in [5.74, 6) is 0.970. The predicted octanol–water partition coefficient (Wildman–Crippen LogP) is 4.58. The zero-order chi connectivity index (χ0) is 18.2. The van der Waals surface area contributed by atoms with Crippen molar-refractivity contribution in [3.05, 3.63) is 59.7 Å². The molecule has 2 unspecified atom stereocenters. The maximum atomic E-state index is 12.0. The van der Waals surface area contributed by atoms with Crippen LogP contribution in [0.5, 0.6) is 11.5 Å². The van der Waals surface area contributed by atoms with Crippen LogP contribution in [0.25, 0.3) is 0 Å². The molecule has 0 fully saturated rings. The highest BCUT2D eigenvalue weighted by atomic mass is 16.5. The van der Waals surface area contributed by atoms with E-state index in [2.05, 4.69) is 0 Å². The first kappa shape index (κ1) is 18.8. The maximum Gasteiger partial charge on any atom is 0.309 e. The van der Waals surface area contributed by atoms with E-state index in [4.69, 9.17) is 14.2 Å². The molecule has 2 rings (SSSR count). The minimum atomic E-state index is -0.222. The van der Waals surface area contributed by atoms with Crippen LogP contribution in [0.15, 0.2) is 48.5 Å².